The summed E-state index contributed by atoms with van der Waals surface area (Å²) in [6, 6.07) is 15.8. The first-order chi connectivity index (χ1) is 12.5. The van der Waals surface area contributed by atoms with Crippen molar-refractivity contribution >= 4 is 5.91 Å². The van der Waals surface area contributed by atoms with Crippen molar-refractivity contribution in [2.75, 3.05) is 20.6 Å². The number of rotatable bonds is 6. The Morgan fingerprint density at radius 1 is 1.15 bits per heavy atom. The highest BCUT2D eigenvalue weighted by atomic mass is 16.1. The summed E-state index contributed by atoms with van der Waals surface area (Å²) in [5, 5.41) is 9.92. The minimum absolute atomic E-state index is 0.0639. The number of likely N-dealkylation sites (N-methyl/N-ethyl adjacent to an activating group) is 1. The molecule has 0 saturated heterocycles. The lowest BCUT2D eigenvalue weighted by Gasteiger charge is -2.23. The number of H-pyrrole nitrogens is 1. The zero-order valence-electron chi connectivity index (χ0n) is 15.4. The van der Waals surface area contributed by atoms with E-state index < -0.39 is 0 Å². The molecule has 1 aromatic heterocycles. The van der Waals surface area contributed by atoms with Crippen LogP contribution in [-0.4, -0.2) is 41.6 Å². The smallest absolute Gasteiger partial charge is 0.251 e. The van der Waals surface area contributed by atoms with Gasteiger partial charge >= 0.3 is 0 Å². The normalized spacial score (nSPS) is 12.2. The monoisotopic (exact) mass is 348 g/mol. The van der Waals surface area contributed by atoms with E-state index in [2.05, 4.69) is 45.5 Å². The highest BCUT2D eigenvalue weighted by Gasteiger charge is 2.17. The Bertz CT molecular complexity index is 854. The fraction of sp³-hybridized carbons (Fsp3) is 0.238. The molecule has 0 aliphatic carbocycles. The number of benzene rings is 2. The van der Waals surface area contributed by atoms with Crippen molar-refractivity contribution < 1.29 is 4.79 Å². The van der Waals surface area contributed by atoms with Crippen molar-refractivity contribution in [2.24, 2.45) is 0 Å². The van der Waals surface area contributed by atoms with Crippen LogP contribution in [0.15, 0.2) is 60.9 Å². The Kier molecular flexibility index (Phi) is 5.49. The topological polar surface area (TPSA) is 61.0 Å². The fourth-order valence-corrected chi connectivity index (χ4v) is 2.95. The summed E-state index contributed by atoms with van der Waals surface area (Å²) in [6.07, 6.45) is 3.60. The van der Waals surface area contributed by atoms with Crippen molar-refractivity contribution in [2.45, 2.75) is 13.0 Å². The Morgan fingerprint density at radius 3 is 2.54 bits per heavy atom. The molecule has 1 heterocycles. The molecule has 26 heavy (non-hydrogen) atoms. The van der Waals surface area contributed by atoms with Crippen LogP contribution in [0, 0.1) is 6.92 Å². The van der Waals surface area contributed by atoms with Gasteiger partial charge in [-0.15, -0.1) is 0 Å². The molecule has 0 bridgehead atoms. The Hall–Kier alpha value is -2.92. The van der Waals surface area contributed by atoms with Crippen LogP contribution >= 0.6 is 0 Å². The van der Waals surface area contributed by atoms with Gasteiger partial charge in [-0.1, -0.05) is 42.0 Å². The average molecular weight is 348 g/mol. The van der Waals surface area contributed by atoms with Gasteiger partial charge in [0.15, 0.2) is 0 Å². The molecule has 5 nitrogen and oxygen atoms in total. The van der Waals surface area contributed by atoms with Gasteiger partial charge in [-0.05, 0) is 44.3 Å². The first-order valence-corrected chi connectivity index (χ1v) is 8.64. The third-order valence-electron chi connectivity index (χ3n) is 4.28. The van der Waals surface area contributed by atoms with Crippen LogP contribution in [0.4, 0.5) is 0 Å². The van der Waals surface area contributed by atoms with Crippen LogP contribution in [0.5, 0.6) is 0 Å². The van der Waals surface area contributed by atoms with Crippen molar-refractivity contribution in [1.82, 2.24) is 20.4 Å². The third kappa shape index (κ3) is 4.37. The van der Waals surface area contributed by atoms with Gasteiger partial charge in [-0.2, -0.15) is 5.10 Å². The minimum Gasteiger partial charge on any atom is -0.344 e. The largest absolute Gasteiger partial charge is 0.344 e. The number of amides is 1. The first kappa shape index (κ1) is 17.9. The van der Waals surface area contributed by atoms with E-state index in [1.807, 2.05) is 50.6 Å². The van der Waals surface area contributed by atoms with E-state index in [0.717, 1.165) is 23.2 Å². The zero-order chi connectivity index (χ0) is 18.5. The Balaban J connectivity index is 1.77. The lowest BCUT2D eigenvalue weighted by atomic mass is 10.0. The maximum atomic E-state index is 12.7. The molecule has 1 amide bonds. The molecule has 0 spiro atoms. The number of carbonyl (C=O) groups excluding carboxylic acids is 1. The van der Waals surface area contributed by atoms with Crippen LogP contribution in [0.3, 0.4) is 0 Å². The summed E-state index contributed by atoms with van der Waals surface area (Å²) in [5.41, 5.74) is 4.97. The molecule has 0 saturated carbocycles. The predicted molar refractivity (Wildman–Crippen MR) is 104 cm³/mol. The maximum absolute atomic E-state index is 12.7. The summed E-state index contributed by atoms with van der Waals surface area (Å²) in [4.78, 5) is 14.8. The molecule has 2 N–H and O–H groups in total. The van der Waals surface area contributed by atoms with Crippen LogP contribution < -0.4 is 5.32 Å². The van der Waals surface area contributed by atoms with E-state index in [1.165, 1.54) is 5.56 Å². The lowest BCUT2D eigenvalue weighted by molar-refractivity contribution is 0.0930. The number of aryl methyl sites for hydroxylation is 1. The van der Waals surface area contributed by atoms with Gasteiger partial charge in [0.25, 0.3) is 5.91 Å². The molecule has 1 atom stereocenters. The molecule has 0 aliphatic rings. The standard InChI is InChI=1S/C21H24N4O/c1-15-5-4-6-18(11-15)20(14-25(2)3)24-21(26)17-9-7-16(8-10-17)19-12-22-23-13-19/h4-13,20H,14H2,1-3H3,(H,22,23)(H,24,26). The van der Waals surface area contributed by atoms with Crippen LogP contribution in [0.25, 0.3) is 11.1 Å². The van der Waals surface area contributed by atoms with E-state index in [0.29, 0.717) is 5.56 Å². The van der Waals surface area contributed by atoms with E-state index in [9.17, 15) is 4.79 Å². The van der Waals surface area contributed by atoms with Crippen LogP contribution in [0.1, 0.15) is 27.5 Å². The number of aromatic nitrogens is 2. The molecule has 2 aromatic carbocycles. The van der Waals surface area contributed by atoms with Gasteiger partial charge in [0.2, 0.25) is 0 Å². The van der Waals surface area contributed by atoms with Gasteiger partial charge in [-0.25, -0.2) is 0 Å². The quantitative estimate of drug-likeness (QED) is 0.717. The molecule has 0 aliphatic heterocycles. The SMILES string of the molecule is Cc1cccc(C(CN(C)C)NC(=O)c2ccc(-c3cn[nH]c3)cc2)c1. The second-order valence-corrected chi connectivity index (χ2v) is 6.77. The molecule has 0 radical (unpaired) electrons. The van der Waals surface area contributed by atoms with Crippen molar-refractivity contribution in [3.05, 3.63) is 77.6 Å². The molecule has 0 fully saturated rings. The zero-order valence-corrected chi connectivity index (χ0v) is 15.4. The summed E-state index contributed by atoms with van der Waals surface area (Å²) in [5.74, 6) is -0.0721. The number of carbonyl (C=O) groups is 1. The summed E-state index contributed by atoms with van der Waals surface area (Å²) < 4.78 is 0. The average Bonchev–Trinajstić information content (AvgIpc) is 3.15. The van der Waals surface area contributed by atoms with Gasteiger partial charge < -0.3 is 10.2 Å². The van der Waals surface area contributed by atoms with E-state index in [4.69, 9.17) is 0 Å². The van der Waals surface area contributed by atoms with Gasteiger partial charge in [0, 0.05) is 23.9 Å². The fourth-order valence-electron chi connectivity index (χ4n) is 2.95. The highest BCUT2D eigenvalue weighted by molar-refractivity contribution is 5.95. The number of nitrogens with zero attached hydrogens (tertiary/aromatic N) is 2. The second-order valence-electron chi connectivity index (χ2n) is 6.77. The number of hydrogen-bond donors (Lipinski definition) is 2. The van der Waals surface area contributed by atoms with Crippen molar-refractivity contribution in [3.8, 4) is 11.1 Å². The summed E-state index contributed by atoms with van der Waals surface area (Å²) in [6.45, 7) is 2.80. The highest BCUT2D eigenvalue weighted by Crippen LogP contribution is 2.19. The second kappa shape index (κ2) is 7.97. The van der Waals surface area contributed by atoms with Crippen molar-refractivity contribution in [1.29, 1.82) is 0 Å². The summed E-state index contributed by atoms with van der Waals surface area (Å²) in [7, 11) is 4.02. The molecular weight excluding hydrogens is 324 g/mol. The lowest BCUT2D eigenvalue weighted by Crippen LogP contribution is -2.35. The first-order valence-electron chi connectivity index (χ1n) is 8.64. The number of aromatic amines is 1. The Labute approximate surface area is 154 Å². The number of nitrogens with one attached hydrogen (secondary N) is 2. The summed E-state index contributed by atoms with van der Waals surface area (Å²) >= 11 is 0. The van der Waals surface area contributed by atoms with E-state index >= 15 is 0 Å². The molecule has 3 aromatic rings. The molecular formula is C21H24N4O. The third-order valence-corrected chi connectivity index (χ3v) is 4.28. The van der Waals surface area contributed by atoms with Gasteiger partial charge in [0.05, 0.1) is 12.2 Å². The van der Waals surface area contributed by atoms with E-state index in [-0.39, 0.29) is 11.9 Å². The van der Waals surface area contributed by atoms with Gasteiger partial charge in [0.1, 0.15) is 0 Å². The van der Waals surface area contributed by atoms with Gasteiger partial charge in [-0.3, -0.25) is 9.89 Å². The molecule has 3 rings (SSSR count). The van der Waals surface area contributed by atoms with Crippen LogP contribution in [-0.2, 0) is 0 Å². The van der Waals surface area contributed by atoms with Crippen LogP contribution in [0.2, 0.25) is 0 Å². The molecule has 134 valence electrons. The molecule has 1 unspecified atom stereocenters. The maximum Gasteiger partial charge on any atom is 0.251 e. The van der Waals surface area contributed by atoms with Crippen molar-refractivity contribution in [3.63, 3.8) is 0 Å². The predicted octanol–water partition coefficient (Wildman–Crippen LogP) is 3.42. The Morgan fingerprint density at radius 2 is 1.92 bits per heavy atom. The number of hydrogen-bond acceptors (Lipinski definition) is 3. The van der Waals surface area contributed by atoms with E-state index in [1.54, 1.807) is 6.20 Å². The molecule has 5 heteroatoms. The minimum atomic E-state index is -0.0721.